The molecule has 7 heteroatoms. The summed E-state index contributed by atoms with van der Waals surface area (Å²) < 4.78 is 32.1. The summed E-state index contributed by atoms with van der Waals surface area (Å²) in [5, 5.41) is 11.8. The number of hydrogen-bond donors (Lipinski definition) is 2. The van der Waals surface area contributed by atoms with Crippen LogP contribution in [-0.2, 0) is 9.59 Å². The Morgan fingerprint density at radius 3 is 2.38 bits per heavy atom. The van der Waals surface area contributed by atoms with Gasteiger partial charge < -0.3 is 15.2 Å². The number of carboxylic acids is 1. The standard InChI is InChI=1S/C17H19F2NO4/c18-11-6-12(19)8-13(7-11)24-15-3-1-2-14(15)20-16(21)9-4-10(5-9)17(22)23/h6-10,14-15H,1-5H2,(H,20,21)(H,22,23)/t9?,10?,14-,15+/m1/s1. The van der Waals surface area contributed by atoms with E-state index in [0.29, 0.717) is 19.3 Å². The van der Waals surface area contributed by atoms with Crippen LogP contribution in [0.1, 0.15) is 32.1 Å². The lowest BCUT2D eigenvalue weighted by Gasteiger charge is -2.33. The highest BCUT2D eigenvalue weighted by Crippen LogP contribution is 2.34. The van der Waals surface area contributed by atoms with Gasteiger partial charge in [0.1, 0.15) is 23.5 Å². The molecule has 130 valence electrons. The molecule has 1 aromatic carbocycles. The van der Waals surface area contributed by atoms with Gasteiger partial charge in [0.15, 0.2) is 0 Å². The summed E-state index contributed by atoms with van der Waals surface area (Å²) in [5.74, 6) is -3.07. The number of hydrogen-bond acceptors (Lipinski definition) is 3. The molecule has 0 heterocycles. The Morgan fingerprint density at radius 2 is 1.75 bits per heavy atom. The smallest absolute Gasteiger partial charge is 0.306 e. The minimum Gasteiger partial charge on any atom is -0.488 e. The largest absolute Gasteiger partial charge is 0.488 e. The fourth-order valence-corrected chi connectivity index (χ4v) is 3.34. The molecule has 2 saturated carbocycles. The van der Waals surface area contributed by atoms with Gasteiger partial charge in [-0.05, 0) is 32.1 Å². The molecule has 5 nitrogen and oxygen atoms in total. The third-order valence-corrected chi connectivity index (χ3v) is 4.76. The Bertz CT molecular complexity index is 625. The lowest BCUT2D eigenvalue weighted by atomic mass is 9.74. The predicted octanol–water partition coefficient (Wildman–Crippen LogP) is 2.49. The number of benzene rings is 1. The number of rotatable bonds is 5. The van der Waals surface area contributed by atoms with Crippen LogP contribution in [0.3, 0.4) is 0 Å². The molecule has 2 fully saturated rings. The maximum Gasteiger partial charge on any atom is 0.306 e. The van der Waals surface area contributed by atoms with E-state index in [-0.39, 0.29) is 29.7 Å². The first-order valence-electron chi connectivity index (χ1n) is 8.08. The van der Waals surface area contributed by atoms with Crippen molar-refractivity contribution in [2.45, 2.75) is 44.2 Å². The van der Waals surface area contributed by atoms with Gasteiger partial charge in [0, 0.05) is 24.1 Å². The van der Waals surface area contributed by atoms with E-state index in [1.165, 1.54) is 0 Å². The number of amides is 1. The van der Waals surface area contributed by atoms with Gasteiger partial charge in [-0.3, -0.25) is 9.59 Å². The topological polar surface area (TPSA) is 75.6 Å². The SMILES string of the molecule is O=C(O)C1CC(C(=O)N[C@@H]2CCC[C@@H]2Oc2cc(F)cc(F)c2)C1. The second-order valence-corrected chi connectivity index (χ2v) is 6.51. The van der Waals surface area contributed by atoms with Crippen LogP contribution in [0.5, 0.6) is 5.75 Å². The van der Waals surface area contributed by atoms with Crippen molar-refractivity contribution in [3.05, 3.63) is 29.8 Å². The zero-order valence-corrected chi connectivity index (χ0v) is 13.0. The third-order valence-electron chi connectivity index (χ3n) is 4.76. The molecule has 2 N–H and O–H groups in total. The van der Waals surface area contributed by atoms with E-state index in [0.717, 1.165) is 31.0 Å². The first-order chi connectivity index (χ1) is 11.4. The molecule has 2 aliphatic carbocycles. The number of nitrogens with one attached hydrogen (secondary N) is 1. The number of carboxylic acid groups (broad SMARTS) is 1. The highest BCUT2D eigenvalue weighted by molar-refractivity contribution is 5.83. The van der Waals surface area contributed by atoms with Crippen LogP contribution in [0.15, 0.2) is 18.2 Å². The van der Waals surface area contributed by atoms with Crippen molar-refractivity contribution >= 4 is 11.9 Å². The van der Waals surface area contributed by atoms with Gasteiger partial charge in [-0.25, -0.2) is 8.78 Å². The molecule has 0 aliphatic heterocycles. The van der Waals surface area contributed by atoms with E-state index in [1.807, 2.05) is 0 Å². The maximum absolute atomic E-state index is 13.2. The van der Waals surface area contributed by atoms with Gasteiger partial charge in [0.2, 0.25) is 5.91 Å². The quantitative estimate of drug-likeness (QED) is 0.864. The second-order valence-electron chi connectivity index (χ2n) is 6.51. The molecule has 1 aromatic rings. The Balaban J connectivity index is 1.56. The van der Waals surface area contributed by atoms with Crippen LogP contribution in [0.25, 0.3) is 0 Å². The fourth-order valence-electron chi connectivity index (χ4n) is 3.34. The van der Waals surface area contributed by atoms with Crippen molar-refractivity contribution in [2.75, 3.05) is 0 Å². The van der Waals surface area contributed by atoms with E-state index in [4.69, 9.17) is 9.84 Å². The number of carbonyl (C=O) groups excluding carboxylic acids is 1. The zero-order valence-electron chi connectivity index (χ0n) is 13.0. The van der Waals surface area contributed by atoms with Crippen molar-refractivity contribution in [3.63, 3.8) is 0 Å². The lowest BCUT2D eigenvalue weighted by Crippen LogP contribution is -2.48. The summed E-state index contributed by atoms with van der Waals surface area (Å²) in [5.41, 5.74) is 0. The van der Waals surface area contributed by atoms with Crippen LogP contribution in [0.2, 0.25) is 0 Å². The third kappa shape index (κ3) is 3.66. The Hall–Kier alpha value is -2.18. The molecule has 0 unspecified atom stereocenters. The fraction of sp³-hybridized carbons (Fsp3) is 0.529. The van der Waals surface area contributed by atoms with Gasteiger partial charge >= 0.3 is 5.97 Å². The Morgan fingerprint density at radius 1 is 1.08 bits per heavy atom. The van der Waals surface area contributed by atoms with E-state index < -0.39 is 23.5 Å². The molecule has 2 atom stereocenters. The minimum absolute atomic E-state index is 0.105. The van der Waals surface area contributed by atoms with Gasteiger partial charge in [0.05, 0.1) is 12.0 Å². The van der Waals surface area contributed by atoms with Crippen LogP contribution in [0.4, 0.5) is 8.78 Å². The van der Waals surface area contributed by atoms with Gasteiger partial charge in [-0.2, -0.15) is 0 Å². The van der Waals surface area contributed by atoms with E-state index >= 15 is 0 Å². The minimum atomic E-state index is -0.866. The van der Waals surface area contributed by atoms with Gasteiger partial charge in [-0.15, -0.1) is 0 Å². The molecule has 3 rings (SSSR count). The highest BCUT2D eigenvalue weighted by Gasteiger charge is 2.40. The number of halogens is 2. The van der Waals surface area contributed by atoms with Crippen molar-refractivity contribution in [1.29, 1.82) is 0 Å². The van der Waals surface area contributed by atoms with Crippen LogP contribution in [-0.4, -0.2) is 29.1 Å². The van der Waals surface area contributed by atoms with Crippen molar-refractivity contribution in [1.82, 2.24) is 5.32 Å². The molecule has 0 saturated heterocycles. The normalized spacial score (nSPS) is 28.9. The molecule has 24 heavy (non-hydrogen) atoms. The maximum atomic E-state index is 13.2. The van der Waals surface area contributed by atoms with E-state index in [2.05, 4.69) is 5.32 Å². The monoisotopic (exact) mass is 339 g/mol. The van der Waals surface area contributed by atoms with Crippen molar-refractivity contribution in [3.8, 4) is 5.75 Å². The average Bonchev–Trinajstić information content (AvgIpc) is 2.82. The van der Waals surface area contributed by atoms with Crippen molar-refractivity contribution < 1.29 is 28.2 Å². The summed E-state index contributed by atoms with van der Waals surface area (Å²) >= 11 is 0. The first kappa shape index (κ1) is 16.7. The number of carbonyl (C=O) groups is 2. The predicted molar refractivity (Wildman–Crippen MR) is 80.4 cm³/mol. The highest BCUT2D eigenvalue weighted by atomic mass is 19.1. The summed E-state index contributed by atoms with van der Waals surface area (Å²) in [6.07, 6.45) is 2.62. The van der Waals surface area contributed by atoms with Gasteiger partial charge in [0.25, 0.3) is 0 Å². The van der Waals surface area contributed by atoms with E-state index in [1.54, 1.807) is 0 Å². The second kappa shape index (κ2) is 6.75. The zero-order chi connectivity index (χ0) is 17.3. The summed E-state index contributed by atoms with van der Waals surface area (Å²) in [6.45, 7) is 0. The van der Waals surface area contributed by atoms with Crippen molar-refractivity contribution in [2.24, 2.45) is 11.8 Å². The molecule has 0 aromatic heterocycles. The van der Waals surface area contributed by atoms with E-state index in [9.17, 15) is 18.4 Å². The van der Waals surface area contributed by atoms with Gasteiger partial charge in [-0.1, -0.05) is 0 Å². The van der Waals surface area contributed by atoms with Crippen LogP contribution < -0.4 is 10.1 Å². The molecule has 0 bridgehead atoms. The summed E-state index contributed by atoms with van der Waals surface area (Å²) in [7, 11) is 0. The summed E-state index contributed by atoms with van der Waals surface area (Å²) in [6, 6.07) is 2.77. The number of aliphatic carboxylic acids is 1. The summed E-state index contributed by atoms with van der Waals surface area (Å²) in [4.78, 5) is 23.0. The lowest BCUT2D eigenvalue weighted by molar-refractivity contribution is -0.148. The average molecular weight is 339 g/mol. The number of ether oxygens (including phenoxy) is 1. The van der Waals surface area contributed by atoms with Crippen LogP contribution >= 0.6 is 0 Å². The molecular formula is C17H19F2NO4. The molecule has 1 amide bonds. The van der Waals surface area contributed by atoms with Crippen LogP contribution in [0, 0.1) is 23.5 Å². The Labute approximate surface area is 138 Å². The Kier molecular flexibility index (Phi) is 4.69. The molecule has 0 radical (unpaired) electrons. The molecule has 2 aliphatic rings. The molecule has 0 spiro atoms. The molecular weight excluding hydrogens is 320 g/mol. The first-order valence-corrected chi connectivity index (χ1v) is 8.08.